The van der Waals surface area contributed by atoms with Crippen molar-refractivity contribution in [3.05, 3.63) is 41.7 Å². The first-order valence-electron chi connectivity index (χ1n) is 8.87. The van der Waals surface area contributed by atoms with E-state index in [2.05, 4.69) is 20.3 Å². The highest BCUT2D eigenvalue weighted by Gasteiger charge is 2.38. The highest BCUT2D eigenvalue weighted by molar-refractivity contribution is 5.94. The first-order valence-corrected chi connectivity index (χ1v) is 8.87. The molecule has 0 radical (unpaired) electrons. The number of benzene rings is 1. The Kier molecular flexibility index (Phi) is 4.85. The van der Waals surface area contributed by atoms with Crippen LogP contribution in [-0.2, 0) is 9.47 Å². The van der Waals surface area contributed by atoms with Crippen molar-refractivity contribution in [2.24, 2.45) is 0 Å². The zero-order valence-corrected chi connectivity index (χ0v) is 14.8. The molecule has 2 aromatic rings. The van der Waals surface area contributed by atoms with Gasteiger partial charge in [-0.3, -0.25) is 4.79 Å². The summed E-state index contributed by atoms with van der Waals surface area (Å²) in [6, 6.07) is 7.83. The third kappa shape index (κ3) is 3.30. The minimum atomic E-state index is -0.0725. The van der Waals surface area contributed by atoms with Gasteiger partial charge in [-0.25, -0.2) is 0 Å². The van der Waals surface area contributed by atoms with E-state index in [9.17, 15) is 4.79 Å². The molecule has 4 rings (SSSR count). The van der Waals surface area contributed by atoms with Gasteiger partial charge in [0, 0.05) is 44.5 Å². The molecule has 8 heteroatoms. The van der Waals surface area contributed by atoms with Gasteiger partial charge in [0.2, 0.25) is 0 Å². The number of likely N-dealkylation sites (tertiary alicyclic amines) is 1. The fraction of sp³-hybridized carbons (Fsp3) is 0.500. The SMILES string of the molecule is CO[C@@H]1CN(C(=O)c2ccc(N3CCOCC3)cc2)C[C@H]1c1cn[nH]n1. The van der Waals surface area contributed by atoms with E-state index in [1.807, 2.05) is 29.2 Å². The Hall–Kier alpha value is -2.45. The van der Waals surface area contributed by atoms with Gasteiger partial charge in [-0.2, -0.15) is 15.4 Å². The van der Waals surface area contributed by atoms with Crippen LogP contribution in [0, 0.1) is 0 Å². The van der Waals surface area contributed by atoms with Gasteiger partial charge in [-0.05, 0) is 24.3 Å². The highest BCUT2D eigenvalue weighted by Crippen LogP contribution is 2.29. The number of nitrogens with zero attached hydrogens (tertiary/aromatic N) is 4. The summed E-state index contributed by atoms with van der Waals surface area (Å²) < 4.78 is 11.0. The maximum absolute atomic E-state index is 12.9. The summed E-state index contributed by atoms with van der Waals surface area (Å²) in [5.74, 6) is 0.0573. The second kappa shape index (κ2) is 7.43. The Bertz CT molecular complexity index is 728. The van der Waals surface area contributed by atoms with E-state index in [1.165, 1.54) is 0 Å². The lowest BCUT2D eigenvalue weighted by molar-refractivity contribution is 0.0714. The number of aromatic nitrogens is 3. The summed E-state index contributed by atoms with van der Waals surface area (Å²) in [4.78, 5) is 17.0. The van der Waals surface area contributed by atoms with Crippen molar-refractivity contribution in [2.45, 2.75) is 12.0 Å². The van der Waals surface area contributed by atoms with Crippen molar-refractivity contribution in [3.8, 4) is 0 Å². The van der Waals surface area contributed by atoms with E-state index < -0.39 is 0 Å². The van der Waals surface area contributed by atoms with Crippen LogP contribution >= 0.6 is 0 Å². The Morgan fingerprint density at radius 2 is 2.00 bits per heavy atom. The number of anilines is 1. The molecule has 2 fully saturated rings. The Balaban J connectivity index is 1.45. The molecule has 0 unspecified atom stereocenters. The second-order valence-electron chi connectivity index (χ2n) is 6.63. The van der Waals surface area contributed by atoms with Crippen LogP contribution in [0.2, 0.25) is 0 Å². The number of carbonyl (C=O) groups is 1. The molecule has 8 nitrogen and oxygen atoms in total. The number of methoxy groups -OCH3 is 1. The summed E-state index contributed by atoms with van der Waals surface area (Å²) in [5.41, 5.74) is 2.65. The molecular weight excluding hydrogens is 334 g/mol. The summed E-state index contributed by atoms with van der Waals surface area (Å²) in [6.07, 6.45) is 1.62. The Morgan fingerprint density at radius 1 is 1.23 bits per heavy atom. The second-order valence-corrected chi connectivity index (χ2v) is 6.63. The average Bonchev–Trinajstić information content (AvgIpc) is 3.37. The van der Waals surface area contributed by atoms with Crippen molar-refractivity contribution in [1.29, 1.82) is 0 Å². The summed E-state index contributed by atoms with van der Waals surface area (Å²) in [7, 11) is 1.67. The van der Waals surface area contributed by atoms with Crippen LogP contribution in [0.15, 0.2) is 30.5 Å². The number of morpholine rings is 1. The maximum Gasteiger partial charge on any atom is 0.253 e. The van der Waals surface area contributed by atoms with Crippen LogP contribution in [0.4, 0.5) is 5.69 Å². The van der Waals surface area contributed by atoms with Gasteiger partial charge in [0.15, 0.2) is 0 Å². The van der Waals surface area contributed by atoms with Crippen molar-refractivity contribution < 1.29 is 14.3 Å². The Morgan fingerprint density at radius 3 is 2.65 bits per heavy atom. The van der Waals surface area contributed by atoms with Crippen LogP contribution in [0.25, 0.3) is 0 Å². The standard InChI is InChI=1S/C18H23N5O3/c1-25-17-12-23(11-15(17)16-10-19-21-20-16)18(24)13-2-4-14(5-3-13)22-6-8-26-9-7-22/h2-5,10,15,17H,6-9,11-12H2,1H3,(H,19,20,21)/t15-,17+/m0/s1. The number of rotatable bonds is 4. The lowest BCUT2D eigenvalue weighted by Crippen LogP contribution is -2.36. The van der Waals surface area contributed by atoms with Crippen LogP contribution in [0.5, 0.6) is 0 Å². The molecule has 2 atom stereocenters. The summed E-state index contributed by atoms with van der Waals surface area (Å²) in [6.45, 7) is 4.39. The van der Waals surface area contributed by atoms with Crippen molar-refractivity contribution in [3.63, 3.8) is 0 Å². The summed E-state index contributed by atoms with van der Waals surface area (Å²) in [5, 5.41) is 10.7. The zero-order chi connectivity index (χ0) is 17.9. The number of nitrogens with one attached hydrogen (secondary N) is 1. The van der Waals surface area contributed by atoms with Crippen molar-refractivity contribution in [1.82, 2.24) is 20.3 Å². The molecule has 1 N–H and O–H groups in total. The molecule has 1 aromatic heterocycles. The molecule has 2 aliphatic heterocycles. The van der Waals surface area contributed by atoms with Crippen molar-refractivity contribution in [2.75, 3.05) is 51.4 Å². The van der Waals surface area contributed by atoms with E-state index in [-0.39, 0.29) is 17.9 Å². The number of carbonyl (C=O) groups excluding carboxylic acids is 1. The number of H-pyrrole nitrogens is 1. The highest BCUT2D eigenvalue weighted by atomic mass is 16.5. The van der Waals surface area contributed by atoms with E-state index in [0.717, 1.165) is 37.7 Å². The quantitative estimate of drug-likeness (QED) is 0.875. The van der Waals surface area contributed by atoms with Crippen molar-refractivity contribution >= 4 is 11.6 Å². The molecule has 3 heterocycles. The third-order valence-corrected chi connectivity index (χ3v) is 5.16. The maximum atomic E-state index is 12.9. The number of aromatic amines is 1. The number of ether oxygens (including phenoxy) is 2. The smallest absolute Gasteiger partial charge is 0.253 e. The van der Waals surface area contributed by atoms with E-state index in [0.29, 0.717) is 18.7 Å². The topological polar surface area (TPSA) is 83.6 Å². The molecule has 26 heavy (non-hydrogen) atoms. The van der Waals surface area contributed by atoms with Crippen LogP contribution < -0.4 is 4.90 Å². The van der Waals surface area contributed by atoms with Gasteiger partial charge in [-0.15, -0.1) is 0 Å². The predicted octanol–water partition coefficient (Wildman–Crippen LogP) is 0.896. The monoisotopic (exact) mass is 357 g/mol. The lowest BCUT2D eigenvalue weighted by atomic mass is 10.0. The minimum Gasteiger partial charge on any atom is -0.379 e. The van der Waals surface area contributed by atoms with Crippen LogP contribution in [0.3, 0.4) is 0 Å². The molecule has 1 aromatic carbocycles. The van der Waals surface area contributed by atoms with Crippen LogP contribution in [-0.4, -0.2) is 78.8 Å². The van der Waals surface area contributed by atoms with Gasteiger partial charge in [0.1, 0.15) is 0 Å². The largest absolute Gasteiger partial charge is 0.379 e. The average molecular weight is 357 g/mol. The summed E-state index contributed by atoms with van der Waals surface area (Å²) >= 11 is 0. The third-order valence-electron chi connectivity index (χ3n) is 5.16. The predicted molar refractivity (Wildman–Crippen MR) is 95.3 cm³/mol. The van der Waals surface area contributed by atoms with Gasteiger partial charge >= 0.3 is 0 Å². The first kappa shape index (κ1) is 17.0. The normalized spacial score (nSPS) is 23.4. The van der Waals surface area contributed by atoms with Gasteiger partial charge in [-0.1, -0.05) is 0 Å². The molecule has 1 amide bonds. The zero-order valence-electron chi connectivity index (χ0n) is 14.8. The van der Waals surface area contributed by atoms with E-state index >= 15 is 0 Å². The van der Waals surface area contributed by atoms with Gasteiger partial charge in [0.05, 0.1) is 37.1 Å². The number of amides is 1. The minimum absolute atomic E-state index is 0.0200. The molecule has 0 saturated carbocycles. The molecule has 138 valence electrons. The molecular formula is C18H23N5O3. The van der Waals surface area contributed by atoms with E-state index in [1.54, 1.807) is 13.3 Å². The van der Waals surface area contributed by atoms with Gasteiger partial charge in [0.25, 0.3) is 5.91 Å². The molecule has 0 aliphatic carbocycles. The fourth-order valence-corrected chi connectivity index (χ4v) is 3.67. The van der Waals surface area contributed by atoms with Gasteiger partial charge < -0.3 is 19.3 Å². The Labute approximate surface area is 152 Å². The number of hydrogen-bond donors (Lipinski definition) is 1. The van der Waals surface area contributed by atoms with E-state index in [4.69, 9.17) is 9.47 Å². The lowest BCUT2D eigenvalue weighted by Gasteiger charge is -2.29. The number of hydrogen-bond acceptors (Lipinski definition) is 6. The van der Waals surface area contributed by atoms with Crippen LogP contribution in [0.1, 0.15) is 22.0 Å². The molecule has 0 spiro atoms. The molecule has 0 bridgehead atoms. The molecule has 2 saturated heterocycles. The molecule has 2 aliphatic rings. The fourth-order valence-electron chi connectivity index (χ4n) is 3.67. The first-order chi connectivity index (χ1) is 12.8.